The van der Waals surface area contributed by atoms with Crippen molar-refractivity contribution < 1.29 is 21.0 Å². The number of aryl methyl sites for hydroxylation is 1. The van der Waals surface area contributed by atoms with Gasteiger partial charge in [-0.3, -0.25) is 0 Å². The lowest BCUT2D eigenvalue weighted by molar-refractivity contribution is 0.479. The Labute approximate surface area is 204 Å². The Morgan fingerprint density at radius 2 is 1.71 bits per heavy atom. The Bertz CT molecular complexity index is 1370. The lowest BCUT2D eigenvalue weighted by Gasteiger charge is -2.13. The Morgan fingerprint density at radius 3 is 2.21 bits per heavy atom. The molecule has 0 spiro atoms. The van der Waals surface area contributed by atoms with Crippen LogP contribution in [-0.2, 0) is 32.1 Å². The van der Waals surface area contributed by atoms with Crippen molar-refractivity contribution in [2.24, 2.45) is 0 Å². The van der Waals surface area contributed by atoms with Crippen molar-refractivity contribution in [2.45, 2.75) is 58.1 Å². The van der Waals surface area contributed by atoms with Crippen molar-refractivity contribution in [3.8, 4) is 5.75 Å². The van der Waals surface area contributed by atoms with Gasteiger partial charge in [-0.15, -0.1) is 0 Å². The molecule has 0 aliphatic carbocycles. The Balaban J connectivity index is 0.000000509. The summed E-state index contributed by atoms with van der Waals surface area (Å²) in [6, 6.07) is 5.57. The van der Waals surface area contributed by atoms with Crippen LogP contribution in [0.4, 0.5) is 11.8 Å². The third-order valence-electron chi connectivity index (χ3n) is 4.91. The van der Waals surface area contributed by atoms with Gasteiger partial charge in [-0.1, -0.05) is 0 Å². The molecule has 0 saturated carbocycles. The predicted octanol–water partition coefficient (Wildman–Crippen LogP) is 3.29. The van der Waals surface area contributed by atoms with Gasteiger partial charge in [0.1, 0.15) is 5.82 Å². The molecule has 0 unspecified atom stereocenters. The minimum Gasteiger partial charge on any atom is -0.383 e. The molecule has 4 N–H and O–H groups in total. The summed E-state index contributed by atoms with van der Waals surface area (Å²) in [5.41, 5.74) is 13.9. The molecular weight excluding hydrogens is 502 g/mol. The summed E-state index contributed by atoms with van der Waals surface area (Å²) in [7, 11) is -2.15. The van der Waals surface area contributed by atoms with Gasteiger partial charge < -0.3 is 20.2 Å². The van der Waals surface area contributed by atoms with Crippen LogP contribution in [0.15, 0.2) is 30.6 Å². The first-order chi connectivity index (χ1) is 15.7. The van der Waals surface area contributed by atoms with Crippen LogP contribution in [-0.4, -0.2) is 41.9 Å². The molecule has 34 heavy (non-hydrogen) atoms. The van der Waals surface area contributed by atoms with E-state index in [1.165, 1.54) is 13.8 Å². The molecule has 0 aliphatic rings. The molecule has 0 radical (unpaired) electrons. The zero-order valence-electron chi connectivity index (χ0n) is 19.7. The van der Waals surface area contributed by atoms with Gasteiger partial charge in [0, 0.05) is 47.0 Å². The third kappa shape index (κ3) is 6.97. The summed E-state index contributed by atoms with van der Waals surface area (Å²) in [6.45, 7) is 8.99. The SMILES string of the molecule is CC(C)S(=O)(=O)Cl.CCn1ccc2c(OS(=O)(=O)C(C)C)cc(Cc3cnc(N)nc3N)cc21. The van der Waals surface area contributed by atoms with Crippen LogP contribution < -0.4 is 15.7 Å². The predicted molar refractivity (Wildman–Crippen MR) is 136 cm³/mol. The number of nitrogens with zero attached hydrogens (tertiary/aromatic N) is 3. The van der Waals surface area contributed by atoms with Crippen molar-refractivity contribution in [3.05, 3.63) is 41.7 Å². The summed E-state index contributed by atoms with van der Waals surface area (Å²) >= 11 is 0. The normalized spacial score (nSPS) is 12.1. The molecule has 10 nitrogen and oxygen atoms in total. The van der Waals surface area contributed by atoms with Crippen molar-refractivity contribution in [2.75, 3.05) is 11.5 Å². The minimum absolute atomic E-state index is 0.110. The molecule has 13 heteroatoms. The van der Waals surface area contributed by atoms with Crippen LogP contribution in [0.25, 0.3) is 10.9 Å². The average molecular weight is 532 g/mol. The topological polar surface area (TPSA) is 160 Å². The smallest absolute Gasteiger partial charge is 0.311 e. The standard InChI is InChI=1S/C18H23N5O3S.C3H7ClO2S/c1-4-23-6-5-14-15(23)8-12(7-13-10-21-18(20)22-17(13)19)9-16(14)26-27(24,25)11(2)3;1-3(2)7(4,5)6/h5-6,8-11H,4,7H2,1-3H3,(H4,19,20,21,22);3H,1-2H3. The van der Waals surface area contributed by atoms with Gasteiger partial charge in [0.15, 0.2) is 5.75 Å². The number of rotatable bonds is 7. The number of hydrogen-bond acceptors (Lipinski definition) is 9. The van der Waals surface area contributed by atoms with Crippen molar-refractivity contribution in [1.82, 2.24) is 14.5 Å². The van der Waals surface area contributed by atoms with Gasteiger partial charge in [0.2, 0.25) is 15.0 Å². The highest BCUT2D eigenvalue weighted by molar-refractivity contribution is 8.14. The van der Waals surface area contributed by atoms with E-state index >= 15 is 0 Å². The van der Waals surface area contributed by atoms with Crippen LogP contribution in [0.3, 0.4) is 0 Å². The van der Waals surface area contributed by atoms with E-state index in [1.54, 1.807) is 26.1 Å². The molecule has 188 valence electrons. The van der Waals surface area contributed by atoms with Crippen LogP contribution in [0.1, 0.15) is 45.7 Å². The first-order valence-corrected chi connectivity index (χ1v) is 14.4. The summed E-state index contributed by atoms with van der Waals surface area (Å²) in [5, 5.41) is -0.369. The van der Waals surface area contributed by atoms with Crippen LogP contribution in [0.2, 0.25) is 0 Å². The molecule has 2 heterocycles. The van der Waals surface area contributed by atoms with Gasteiger partial charge >= 0.3 is 10.1 Å². The van der Waals surface area contributed by atoms with Gasteiger partial charge in [-0.05, 0) is 58.4 Å². The van der Waals surface area contributed by atoms with Crippen LogP contribution in [0, 0.1) is 0 Å². The lowest BCUT2D eigenvalue weighted by atomic mass is 10.0. The summed E-state index contributed by atoms with van der Waals surface area (Å²) < 4.78 is 52.3. The maximum atomic E-state index is 12.3. The van der Waals surface area contributed by atoms with Crippen molar-refractivity contribution in [3.63, 3.8) is 0 Å². The van der Waals surface area contributed by atoms with Gasteiger partial charge in [-0.2, -0.15) is 13.4 Å². The summed E-state index contributed by atoms with van der Waals surface area (Å²) in [6.07, 6.45) is 3.91. The number of nitrogens with two attached hydrogens (primary N) is 2. The Morgan fingerprint density at radius 1 is 1.09 bits per heavy atom. The fourth-order valence-electron chi connectivity index (χ4n) is 2.78. The number of anilines is 2. The highest BCUT2D eigenvalue weighted by Gasteiger charge is 2.21. The number of benzene rings is 1. The van der Waals surface area contributed by atoms with E-state index in [0.717, 1.165) is 23.0 Å². The minimum atomic E-state index is -3.72. The van der Waals surface area contributed by atoms with Gasteiger partial charge in [0.05, 0.1) is 16.0 Å². The first-order valence-electron chi connectivity index (χ1n) is 10.5. The van der Waals surface area contributed by atoms with Crippen molar-refractivity contribution in [1.29, 1.82) is 0 Å². The first kappa shape index (κ1) is 27.7. The van der Waals surface area contributed by atoms with Gasteiger partial charge in [0.25, 0.3) is 0 Å². The third-order valence-corrected chi connectivity index (χ3v) is 8.67. The molecule has 3 rings (SSSR count). The van der Waals surface area contributed by atoms with E-state index in [9.17, 15) is 16.8 Å². The lowest BCUT2D eigenvalue weighted by Crippen LogP contribution is -2.20. The number of aromatic nitrogens is 3. The van der Waals surface area contributed by atoms with Gasteiger partial charge in [-0.25, -0.2) is 13.4 Å². The summed E-state index contributed by atoms with van der Waals surface area (Å²) in [5.74, 6) is 0.711. The molecule has 1 aromatic carbocycles. The van der Waals surface area contributed by atoms with E-state index in [2.05, 4.69) is 9.97 Å². The summed E-state index contributed by atoms with van der Waals surface area (Å²) in [4.78, 5) is 7.95. The number of hydrogen-bond donors (Lipinski definition) is 2. The van der Waals surface area contributed by atoms with E-state index in [-0.39, 0.29) is 5.95 Å². The molecule has 0 amide bonds. The molecule has 0 saturated heterocycles. The zero-order valence-corrected chi connectivity index (χ0v) is 22.1. The fraction of sp³-hybridized carbons (Fsp3) is 0.429. The largest absolute Gasteiger partial charge is 0.383 e. The Kier molecular flexibility index (Phi) is 8.78. The number of nitrogen functional groups attached to an aromatic ring is 2. The molecule has 0 fully saturated rings. The molecular formula is C21H30ClN5O5S2. The zero-order chi connectivity index (χ0) is 25.8. The fourth-order valence-corrected chi connectivity index (χ4v) is 3.36. The Hall–Kier alpha value is -2.57. The maximum Gasteiger partial charge on any atom is 0.311 e. The molecule has 0 aliphatic heterocycles. The molecule has 0 atom stereocenters. The number of halogens is 1. The maximum absolute atomic E-state index is 12.3. The monoisotopic (exact) mass is 531 g/mol. The van der Waals surface area contributed by atoms with E-state index < -0.39 is 29.7 Å². The molecule has 3 aromatic rings. The second-order valence-electron chi connectivity index (χ2n) is 8.09. The van der Waals surface area contributed by atoms with E-state index in [1.807, 2.05) is 29.8 Å². The molecule has 0 bridgehead atoms. The second kappa shape index (κ2) is 10.8. The highest BCUT2D eigenvalue weighted by atomic mass is 35.7. The average Bonchev–Trinajstić information content (AvgIpc) is 3.13. The van der Waals surface area contributed by atoms with Crippen molar-refractivity contribution >= 4 is 52.5 Å². The van der Waals surface area contributed by atoms with Crippen LogP contribution >= 0.6 is 10.7 Å². The second-order valence-corrected chi connectivity index (χ2v) is 13.4. The van der Waals surface area contributed by atoms with E-state index in [4.69, 9.17) is 26.3 Å². The van der Waals surface area contributed by atoms with Crippen LogP contribution in [0.5, 0.6) is 5.75 Å². The quantitative estimate of drug-likeness (QED) is 0.344. The molecule has 2 aromatic heterocycles. The van der Waals surface area contributed by atoms with E-state index in [0.29, 0.717) is 23.6 Å². The highest BCUT2D eigenvalue weighted by Crippen LogP contribution is 2.32. The number of fused-ring (bicyclic) bond motifs is 1.